The Bertz CT molecular complexity index is 624. The molecule has 1 heterocycles. The van der Waals surface area contributed by atoms with Gasteiger partial charge in [-0.15, -0.1) is 0 Å². The maximum atomic E-state index is 9.14. The predicted octanol–water partition coefficient (Wildman–Crippen LogP) is 1.61. The number of nitrogens with one attached hydrogen (secondary N) is 2. The first kappa shape index (κ1) is 18.0. The van der Waals surface area contributed by atoms with Gasteiger partial charge in [-0.25, -0.2) is 4.99 Å². The van der Waals surface area contributed by atoms with Gasteiger partial charge in [0.25, 0.3) is 0 Å². The van der Waals surface area contributed by atoms with E-state index in [0.717, 1.165) is 19.0 Å². The number of guanidine groups is 1. The van der Waals surface area contributed by atoms with Crippen LogP contribution in [0.15, 0.2) is 47.7 Å². The highest BCUT2D eigenvalue weighted by Crippen LogP contribution is 2.11. The predicted molar refractivity (Wildman–Crippen MR) is 96.8 cm³/mol. The Labute approximate surface area is 143 Å². The van der Waals surface area contributed by atoms with Crippen LogP contribution in [0.1, 0.15) is 25.0 Å². The molecule has 130 valence electrons. The molecule has 0 amide bonds. The van der Waals surface area contributed by atoms with E-state index in [-0.39, 0.29) is 12.5 Å². The van der Waals surface area contributed by atoms with Gasteiger partial charge < -0.3 is 15.7 Å². The second-order valence-electron chi connectivity index (χ2n) is 5.84. The van der Waals surface area contributed by atoms with E-state index in [2.05, 4.69) is 32.9 Å². The summed E-state index contributed by atoms with van der Waals surface area (Å²) < 4.78 is 1.91. The lowest BCUT2D eigenvalue weighted by Crippen LogP contribution is -2.39. The summed E-state index contributed by atoms with van der Waals surface area (Å²) in [5, 5.41) is 19.9. The van der Waals surface area contributed by atoms with Crippen LogP contribution < -0.4 is 10.6 Å². The molecule has 1 atom stereocenters. The van der Waals surface area contributed by atoms with Gasteiger partial charge in [0.2, 0.25) is 0 Å². The standard InChI is InChI=1S/C18H27N5O/c1-3-19-18(20-11-15(2)14-24)21-12-16-7-4-5-8-17(16)13-23-10-6-9-22-23/h4-10,15,24H,3,11-14H2,1-2H3,(H2,19,20,21). The Balaban J connectivity index is 2.04. The zero-order valence-electron chi connectivity index (χ0n) is 14.4. The van der Waals surface area contributed by atoms with Crippen LogP contribution >= 0.6 is 0 Å². The van der Waals surface area contributed by atoms with Crippen molar-refractivity contribution in [3.63, 3.8) is 0 Å². The van der Waals surface area contributed by atoms with E-state index < -0.39 is 0 Å². The summed E-state index contributed by atoms with van der Waals surface area (Å²) in [4.78, 5) is 4.66. The van der Waals surface area contributed by atoms with Gasteiger partial charge in [0.05, 0.1) is 13.1 Å². The third-order valence-corrected chi connectivity index (χ3v) is 3.69. The minimum atomic E-state index is 0.166. The van der Waals surface area contributed by atoms with Crippen LogP contribution in [0.25, 0.3) is 0 Å². The highest BCUT2D eigenvalue weighted by atomic mass is 16.3. The Morgan fingerprint density at radius 1 is 1.25 bits per heavy atom. The molecule has 0 saturated heterocycles. The van der Waals surface area contributed by atoms with Crippen molar-refractivity contribution in [2.45, 2.75) is 26.9 Å². The summed E-state index contributed by atoms with van der Waals surface area (Å²) in [5.41, 5.74) is 2.39. The van der Waals surface area contributed by atoms with E-state index >= 15 is 0 Å². The molecule has 1 aromatic heterocycles. The molecular formula is C18H27N5O. The lowest BCUT2D eigenvalue weighted by molar-refractivity contribution is 0.238. The summed E-state index contributed by atoms with van der Waals surface area (Å²) in [6.45, 7) is 7.03. The van der Waals surface area contributed by atoms with E-state index in [9.17, 15) is 0 Å². The molecule has 3 N–H and O–H groups in total. The van der Waals surface area contributed by atoms with Crippen LogP contribution in [0.5, 0.6) is 0 Å². The molecule has 6 heteroatoms. The number of aliphatic imine (C=N–C) groups is 1. The number of hydrogen-bond donors (Lipinski definition) is 3. The maximum Gasteiger partial charge on any atom is 0.191 e. The van der Waals surface area contributed by atoms with Crippen molar-refractivity contribution in [2.24, 2.45) is 10.9 Å². The fourth-order valence-electron chi connectivity index (χ4n) is 2.28. The van der Waals surface area contributed by atoms with Crippen molar-refractivity contribution < 1.29 is 5.11 Å². The summed E-state index contributed by atoms with van der Waals surface area (Å²) in [6.07, 6.45) is 3.75. The van der Waals surface area contributed by atoms with Crippen LogP contribution in [0, 0.1) is 5.92 Å². The summed E-state index contributed by atoms with van der Waals surface area (Å²) in [6, 6.07) is 10.2. The van der Waals surface area contributed by atoms with Crippen LogP contribution in [-0.4, -0.2) is 40.5 Å². The number of aliphatic hydroxyl groups excluding tert-OH is 1. The van der Waals surface area contributed by atoms with Gasteiger partial charge >= 0.3 is 0 Å². The quantitative estimate of drug-likeness (QED) is 0.508. The molecule has 1 aromatic carbocycles. The minimum absolute atomic E-state index is 0.166. The lowest BCUT2D eigenvalue weighted by atomic mass is 10.1. The Hall–Kier alpha value is -2.34. The van der Waals surface area contributed by atoms with Gasteiger partial charge in [0.15, 0.2) is 5.96 Å². The molecule has 0 bridgehead atoms. The van der Waals surface area contributed by atoms with Crippen molar-refractivity contribution >= 4 is 5.96 Å². The molecule has 0 aliphatic heterocycles. The monoisotopic (exact) mass is 329 g/mol. The zero-order chi connectivity index (χ0) is 17.2. The first-order valence-corrected chi connectivity index (χ1v) is 8.40. The topological polar surface area (TPSA) is 74.5 Å². The normalized spacial score (nSPS) is 12.9. The first-order valence-electron chi connectivity index (χ1n) is 8.40. The maximum absolute atomic E-state index is 9.14. The summed E-state index contributed by atoms with van der Waals surface area (Å²) in [7, 11) is 0. The van der Waals surface area contributed by atoms with Crippen LogP contribution in [0.3, 0.4) is 0 Å². The summed E-state index contributed by atoms with van der Waals surface area (Å²) >= 11 is 0. The Morgan fingerprint density at radius 2 is 2.04 bits per heavy atom. The number of rotatable bonds is 8. The van der Waals surface area contributed by atoms with Crippen LogP contribution in [0.4, 0.5) is 0 Å². The number of benzene rings is 1. The average Bonchev–Trinajstić information content (AvgIpc) is 3.11. The van der Waals surface area contributed by atoms with Gasteiger partial charge in [-0.05, 0) is 30.0 Å². The van der Waals surface area contributed by atoms with Gasteiger partial charge in [-0.1, -0.05) is 31.2 Å². The fourth-order valence-corrected chi connectivity index (χ4v) is 2.28. The molecule has 0 aliphatic rings. The second kappa shape index (κ2) is 9.72. The minimum Gasteiger partial charge on any atom is -0.396 e. The third kappa shape index (κ3) is 5.70. The van der Waals surface area contributed by atoms with Gasteiger partial charge in [-0.2, -0.15) is 5.10 Å². The molecule has 24 heavy (non-hydrogen) atoms. The molecule has 2 aromatic rings. The molecule has 0 spiro atoms. The Kier molecular flexibility index (Phi) is 7.29. The van der Waals surface area contributed by atoms with Gasteiger partial charge in [0.1, 0.15) is 0 Å². The number of aliphatic hydroxyl groups is 1. The molecule has 0 fully saturated rings. The molecule has 0 radical (unpaired) electrons. The average molecular weight is 329 g/mol. The second-order valence-corrected chi connectivity index (χ2v) is 5.84. The number of aromatic nitrogens is 2. The molecule has 2 rings (SSSR count). The van der Waals surface area contributed by atoms with E-state index in [4.69, 9.17) is 5.11 Å². The van der Waals surface area contributed by atoms with Crippen LogP contribution in [-0.2, 0) is 13.1 Å². The van der Waals surface area contributed by atoms with E-state index in [0.29, 0.717) is 13.1 Å². The van der Waals surface area contributed by atoms with E-state index in [1.807, 2.05) is 42.9 Å². The third-order valence-electron chi connectivity index (χ3n) is 3.69. The molecule has 1 unspecified atom stereocenters. The fraction of sp³-hybridized carbons (Fsp3) is 0.444. The smallest absolute Gasteiger partial charge is 0.191 e. The SMILES string of the molecule is CCNC(=NCc1ccccc1Cn1cccn1)NCC(C)CO. The zero-order valence-corrected chi connectivity index (χ0v) is 14.4. The molecule has 0 aliphatic carbocycles. The molecule has 0 saturated carbocycles. The van der Waals surface area contributed by atoms with Crippen molar-refractivity contribution in [2.75, 3.05) is 19.7 Å². The van der Waals surface area contributed by atoms with E-state index in [1.165, 1.54) is 11.1 Å². The molecular weight excluding hydrogens is 302 g/mol. The van der Waals surface area contributed by atoms with Crippen molar-refractivity contribution in [3.05, 3.63) is 53.9 Å². The van der Waals surface area contributed by atoms with Crippen molar-refractivity contribution in [1.82, 2.24) is 20.4 Å². The number of nitrogens with zero attached hydrogens (tertiary/aromatic N) is 3. The first-order chi connectivity index (χ1) is 11.7. The Morgan fingerprint density at radius 3 is 2.71 bits per heavy atom. The highest BCUT2D eigenvalue weighted by Gasteiger charge is 2.05. The number of hydrogen-bond acceptors (Lipinski definition) is 3. The van der Waals surface area contributed by atoms with E-state index in [1.54, 1.807) is 6.20 Å². The summed E-state index contributed by atoms with van der Waals surface area (Å²) in [5.74, 6) is 0.965. The van der Waals surface area contributed by atoms with Gasteiger partial charge in [-0.3, -0.25) is 4.68 Å². The lowest BCUT2D eigenvalue weighted by Gasteiger charge is -2.14. The van der Waals surface area contributed by atoms with Gasteiger partial charge in [0, 0.05) is 32.1 Å². The molecule has 6 nitrogen and oxygen atoms in total. The van der Waals surface area contributed by atoms with Crippen molar-refractivity contribution in [1.29, 1.82) is 0 Å². The van der Waals surface area contributed by atoms with Crippen molar-refractivity contribution in [3.8, 4) is 0 Å². The largest absolute Gasteiger partial charge is 0.396 e. The van der Waals surface area contributed by atoms with Crippen LogP contribution in [0.2, 0.25) is 0 Å². The highest BCUT2D eigenvalue weighted by molar-refractivity contribution is 5.79.